The van der Waals surface area contributed by atoms with Crippen LogP contribution in [0, 0.1) is 0 Å². The lowest BCUT2D eigenvalue weighted by Gasteiger charge is -2.14. The molecule has 29 heavy (non-hydrogen) atoms. The lowest BCUT2D eigenvalue weighted by molar-refractivity contribution is 0.591. The van der Waals surface area contributed by atoms with Crippen molar-refractivity contribution in [3.8, 4) is 0 Å². The first-order chi connectivity index (χ1) is 13.5. The van der Waals surface area contributed by atoms with Crippen LogP contribution in [0.15, 0.2) is 65.7 Å². The van der Waals surface area contributed by atoms with Crippen LogP contribution in [0.3, 0.4) is 0 Å². The Bertz CT molecular complexity index is 828. The highest BCUT2D eigenvalue weighted by Crippen LogP contribution is 2.14. The minimum absolute atomic E-state index is 0. The Morgan fingerprint density at radius 3 is 2.24 bits per heavy atom. The van der Waals surface area contributed by atoms with E-state index in [2.05, 4.69) is 34.7 Å². The first-order valence-corrected chi connectivity index (χ1v) is 11.6. The predicted molar refractivity (Wildman–Crippen MR) is 133 cm³/mol. The zero-order valence-corrected chi connectivity index (χ0v) is 20.3. The summed E-state index contributed by atoms with van der Waals surface area (Å²) >= 11 is 0. The van der Waals surface area contributed by atoms with Crippen LogP contribution in [0.5, 0.6) is 0 Å². The highest BCUT2D eigenvalue weighted by atomic mass is 127. The van der Waals surface area contributed by atoms with Crippen LogP contribution in [0.1, 0.15) is 37.3 Å². The molecule has 2 aromatic rings. The van der Waals surface area contributed by atoms with Gasteiger partial charge in [0.05, 0.1) is 11.5 Å². The van der Waals surface area contributed by atoms with Crippen LogP contribution in [0.2, 0.25) is 0 Å². The lowest BCUT2D eigenvalue weighted by Crippen LogP contribution is -2.38. The molecule has 1 unspecified atom stereocenters. The van der Waals surface area contributed by atoms with Crippen molar-refractivity contribution >= 4 is 39.8 Å². The van der Waals surface area contributed by atoms with Gasteiger partial charge in [-0.15, -0.1) is 24.0 Å². The standard InChI is InChI=1S/C22H31N3O2S.HI/c1-3-23-22(25-17-19(2)21-13-8-5-9-14-21)24-15-10-16-28(26,27)18-20-11-6-4-7-12-20;/h4-9,11-14,19H,3,10,15-18H2,1-2H3,(H2,23,24,25);1H. The molecule has 0 aliphatic heterocycles. The summed E-state index contributed by atoms with van der Waals surface area (Å²) in [6, 6.07) is 19.6. The van der Waals surface area contributed by atoms with E-state index in [1.807, 2.05) is 55.5 Å². The first-order valence-electron chi connectivity index (χ1n) is 9.81. The van der Waals surface area contributed by atoms with Gasteiger partial charge in [-0.2, -0.15) is 0 Å². The van der Waals surface area contributed by atoms with Gasteiger partial charge in [-0.1, -0.05) is 67.6 Å². The average Bonchev–Trinajstić information content (AvgIpc) is 2.70. The fourth-order valence-corrected chi connectivity index (χ4v) is 4.28. The van der Waals surface area contributed by atoms with E-state index in [0.717, 1.165) is 18.1 Å². The Balaban J connectivity index is 0.00000420. The second-order valence-corrected chi connectivity index (χ2v) is 9.07. The van der Waals surface area contributed by atoms with Gasteiger partial charge < -0.3 is 10.6 Å². The summed E-state index contributed by atoms with van der Waals surface area (Å²) in [4.78, 5) is 4.64. The molecule has 1 atom stereocenters. The minimum atomic E-state index is -3.11. The van der Waals surface area contributed by atoms with Crippen LogP contribution >= 0.6 is 24.0 Å². The maximum atomic E-state index is 12.3. The van der Waals surface area contributed by atoms with Crippen LogP contribution < -0.4 is 10.6 Å². The van der Waals surface area contributed by atoms with Crippen LogP contribution in [0.4, 0.5) is 0 Å². The number of sulfone groups is 1. The van der Waals surface area contributed by atoms with Crippen molar-refractivity contribution in [2.75, 3.05) is 25.4 Å². The molecule has 0 amide bonds. The third-order valence-electron chi connectivity index (χ3n) is 4.39. The van der Waals surface area contributed by atoms with Gasteiger partial charge >= 0.3 is 0 Å². The molecular formula is C22H32IN3O2S. The molecule has 160 valence electrons. The summed E-state index contributed by atoms with van der Waals surface area (Å²) in [5.41, 5.74) is 2.09. The summed E-state index contributed by atoms with van der Waals surface area (Å²) in [6.07, 6.45) is 0.549. The SMILES string of the molecule is CCNC(=NCC(C)c1ccccc1)NCCCS(=O)(=O)Cc1ccccc1.I. The topological polar surface area (TPSA) is 70.6 Å². The maximum Gasteiger partial charge on any atom is 0.191 e. The Hall–Kier alpha value is -1.61. The number of hydrogen-bond donors (Lipinski definition) is 2. The first kappa shape index (κ1) is 25.4. The second-order valence-electron chi connectivity index (χ2n) is 6.89. The van der Waals surface area contributed by atoms with Gasteiger partial charge in [0.1, 0.15) is 0 Å². The zero-order valence-electron chi connectivity index (χ0n) is 17.2. The normalized spacial score (nSPS) is 12.7. The average molecular weight is 529 g/mol. The van der Waals surface area contributed by atoms with E-state index in [0.29, 0.717) is 25.4 Å². The van der Waals surface area contributed by atoms with E-state index >= 15 is 0 Å². The number of nitrogens with zero attached hydrogens (tertiary/aromatic N) is 1. The molecule has 7 heteroatoms. The van der Waals surface area contributed by atoms with Crippen molar-refractivity contribution < 1.29 is 8.42 Å². The Morgan fingerprint density at radius 1 is 1.00 bits per heavy atom. The van der Waals surface area contributed by atoms with Gasteiger partial charge in [0, 0.05) is 25.6 Å². The van der Waals surface area contributed by atoms with Gasteiger partial charge in [-0.05, 0) is 24.5 Å². The van der Waals surface area contributed by atoms with Crippen LogP contribution in [-0.2, 0) is 15.6 Å². The number of nitrogens with one attached hydrogen (secondary N) is 2. The van der Waals surface area contributed by atoms with Crippen molar-refractivity contribution in [3.05, 3.63) is 71.8 Å². The van der Waals surface area contributed by atoms with Crippen LogP contribution in [0.25, 0.3) is 0 Å². The number of guanidine groups is 1. The quantitative estimate of drug-likeness (QED) is 0.212. The van der Waals surface area contributed by atoms with Crippen molar-refractivity contribution in [1.82, 2.24) is 10.6 Å². The summed E-state index contributed by atoms with van der Waals surface area (Å²) in [5.74, 6) is 1.30. The van der Waals surface area contributed by atoms with E-state index in [9.17, 15) is 8.42 Å². The lowest BCUT2D eigenvalue weighted by atomic mass is 10.0. The molecule has 0 aliphatic rings. The number of benzene rings is 2. The van der Waals surface area contributed by atoms with E-state index in [4.69, 9.17) is 0 Å². The molecule has 0 spiro atoms. The smallest absolute Gasteiger partial charge is 0.191 e. The molecule has 0 aliphatic carbocycles. The van der Waals surface area contributed by atoms with Crippen molar-refractivity contribution in [3.63, 3.8) is 0 Å². The predicted octanol–water partition coefficient (Wildman–Crippen LogP) is 3.97. The molecule has 0 saturated heterocycles. The molecule has 2 N–H and O–H groups in total. The van der Waals surface area contributed by atoms with Gasteiger partial charge in [-0.25, -0.2) is 8.42 Å². The van der Waals surface area contributed by atoms with Gasteiger partial charge in [0.15, 0.2) is 15.8 Å². The molecule has 5 nitrogen and oxygen atoms in total. The van der Waals surface area contributed by atoms with Crippen molar-refractivity contribution in [2.24, 2.45) is 4.99 Å². The summed E-state index contributed by atoms with van der Waals surface area (Å²) in [5, 5.41) is 6.45. The molecule has 0 aromatic heterocycles. The molecule has 0 saturated carbocycles. The molecule has 0 bridgehead atoms. The number of hydrogen-bond acceptors (Lipinski definition) is 3. The fourth-order valence-electron chi connectivity index (χ4n) is 2.86. The summed E-state index contributed by atoms with van der Waals surface area (Å²) in [7, 11) is -3.11. The molecule has 2 aromatic carbocycles. The van der Waals surface area contributed by atoms with Crippen molar-refractivity contribution in [1.29, 1.82) is 0 Å². The monoisotopic (exact) mass is 529 g/mol. The van der Waals surface area contributed by atoms with Gasteiger partial charge in [-0.3, -0.25) is 4.99 Å². The summed E-state index contributed by atoms with van der Waals surface area (Å²) < 4.78 is 24.5. The maximum absolute atomic E-state index is 12.3. The van der Waals surface area contributed by atoms with Gasteiger partial charge in [0.25, 0.3) is 0 Å². The highest BCUT2D eigenvalue weighted by molar-refractivity contribution is 14.0. The van der Waals surface area contributed by atoms with Crippen molar-refractivity contribution in [2.45, 2.75) is 31.9 Å². The van der Waals surface area contributed by atoms with E-state index in [1.165, 1.54) is 5.56 Å². The van der Waals surface area contributed by atoms with E-state index in [1.54, 1.807) is 0 Å². The largest absolute Gasteiger partial charge is 0.357 e. The number of rotatable bonds is 10. The Labute approximate surface area is 192 Å². The third kappa shape index (κ3) is 10.1. The molecule has 2 rings (SSSR count). The molecule has 0 heterocycles. The minimum Gasteiger partial charge on any atom is -0.357 e. The fraction of sp³-hybridized carbons (Fsp3) is 0.409. The number of halogens is 1. The molecule has 0 fully saturated rings. The highest BCUT2D eigenvalue weighted by Gasteiger charge is 2.11. The van der Waals surface area contributed by atoms with Gasteiger partial charge in [0.2, 0.25) is 0 Å². The number of aliphatic imine (C=N–C) groups is 1. The zero-order chi connectivity index (χ0) is 20.2. The summed E-state index contributed by atoms with van der Waals surface area (Å²) in [6.45, 7) is 6.17. The van der Waals surface area contributed by atoms with Crippen LogP contribution in [-0.4, -0.2) is 39.8 Å². The Morgan fingerprint density at radius 2 is 1.62 bits per heavy atom. The van der Waals surface area contributed by atoms with E-state index in [-0.39, 0.29) is 35.5 Å². The Kier molecular flexibility index (Phi) is 11.9. The molecule has 0 radical (unpaired) electrons. The molecular weight excluding hydrogens is 497 g/mol. The third-order valence-corrected chi connectivity index (χ3v) is 6.07. The van der Waals surface area contributed by atoms with E-state index < -0.39 is 9.84 Å². The second kappa shape index (κ2) is 13.6.